The van der Waals surface area contributed by atoms with E-state index in [-0.39, 0.29) is 30.4 Å². The zero-order valence-electron chi connectivity index (χ0n) is 12.3. The van der Waals surface area contributed by atoms with Crippen molar-refractivity contribution in [2.24, 2.45) is 0 Å². The SMILES string of the molecule is CC(C)(C)OC(=O)N1CCC[C@@H]1C(=O)N1CCSC1.Cl. The highest BCUT2D eigenvalue weighted by Gasteiger charge is 2.39. The Labute approximate surface area is 130 Å². The molecule has 0 N–H and O–H groups in total. The summed E-state index contributed by atoms with van der Waals surface area (Å²) in [6.45, 7) is 6.94. The monoisotopic (exact) mass is 322 g/mol. The first-order chi connectivity index (χ1) is 8.88. The molecule has 0 unspecified atom stereocenters. The fraction of sp³-hybridized carbons (Fsp3) is 0.846. The highest BCUT2D eigenvalue weighted by atomic mass is 35.5. The molecule has 0 aromatic carbocycles. The molecule has 0 aromatic rings. The van der Waals surface area contributed by atoms with Gasteiger partial charge in [-0.15, -0.1) is 24.2 Å². The maximum absolute atomic E-state index is 12.4. The van der Waals surface area contributed by atoms with Crippen LogP contribution in [0.3, 0.4) is 0 Å². The van der Waals surface area contributed by atoms with Gasteiger partial charge in [0.05, 0.1) is 5.88 Å². The first kappa shape index (κ1) is 17.4. The van der Waals surface area contributed by atoms with Crippen LogP contribution in [0.4, 0.5) is 4.79 Å². The van der Waals surface area contributed by atoms with Gasteiger partial charge in [-0.05, 0) is 33.6 Å². The summed E-state index contributed by atoms with van der Waals surface area (Å²) in [5.74, 6) is 1.82. The average molecular weight is 323 g/mol. The van der Waals surface area contributed by atoms with E-state index in [1.807, 2.05) is 25.7 Å². The van der Waals surface area contributed by atoms with Crippen LogP contribution in [0.5, 0.6) is 0 Å². The molecule has 0 saturated carbocycles. The third kappa shape index (κ3) is 4.19. The van der Waals surface area contributed by atoms with Crippen LogP contribution in [0.2, 0.25) is 0 Å². The van der Waals surface area contributed by atoms with Gasteiger partial charge >= 0.3 is 6.09 Å². The summed E-state index contributed by atoms with van der Waals surface area (Å²) < 4.78 is 5.38. The van der Waals surface area contributed by atoms with Crippen LogP contribution >= 0.6 is 24.2 Å². The van der Waals surface area contributed by atoms with Gasteiger partial charge in [-0.3, -0.25) is 9.69 Å². The predicted molar refractivity (Wildman–Crippen MR) is 82.2 cm³/mol. The van der Waals surface area contributed by atoms with Crippen molar-refractivity contribution in [2.45, 2.75) is 45.3 Å². The number of likely N-dealkylation sites (tertiary alicyclic amines) is 1. The molecule has 5 nitrogen and oxygen atoms in total. The molecule has 7 heteroatoms. The molecule has 2 rings (SSSR count). The van der Waals surface area contributed by atoms with Crippen molar-refractivity contribution < 1.29 is 14.3 Å². The van der Waals surface area contributed by atoms with Crippen molar-refractivity contribution in [1.82, 2.24) is 9.80 Å². The summed E-state index contributed by atoms with van der Waals surface area (Å²) in [7, 11) is 0. The molecule has 0 aliphatic carbocycles. The van der Waals surface area contributed by atoms with Crippen molar-refractivity contribution in [3.8, 4) is 0 Å². The fourth-order valence-corrected chi connectivity index (χ4v) is 3.32. The Balaban J connectivity index is 0.00000200. The normalized spacial score (nSPS) is 22.6. The van der Waals surface area contributed by atoms with Crippen LogP contribution in [-0.4, -0.2) is 58.2 Å². The molecule has 116 valence electrons. The van der Waals surface area contributed by atoms with Crippen molar-refractivity contribution in [3.05, 3.63) is 0 Å². The second-order valence-electron chi connectivity index (χ2n) is 5.97. The van der Waals surface area contributed by atoms with Crippen LogP contribution in [0.1, 0.15) is 33.6 Å². The molecule has 2 aliphatic rings. The molecule has 1 atom stereocenters. The maximum Gasteiger partial charge on any atom is 0.410 e. The molecule has 2 saturated heterocycles. The van der Waals surface area contributed by atoms with Gasteiger partial charge in [0.1, 0.15) is 11.6 Å². The minimum absolute atomic E-state index is 0. The van der Waals surface area contributed by atoms with Gasteiger partial charge in [0.25, 0.3) is 0 Å². The number of nitrogens with zero attached hydrogens (tertiary/aromatic N) is 2. The van der Waals surface area contributed by atoms with E-state index in [9.17, 15) is 9.59 Å². The van der Waals surface area contributed by atoms with Gasteiger partial charge < -0.3 is 9.64 Å². The summed E-state index contributed by atoms with van der Waals surface area (Å²) in [5.41, 5.74) is -0.517. The summed E-state index contributed by atoms with van der Waals surface area (Å²) in [4.78, 5) is 27.9. The minimum Gasteiger partial charge on any atom is -0.444 e. The number of hydrogen-bond acceptors (Lipinski definition) is 4. The van der Waals surface area contributed by atoms with Crippen molar-refractivity contribution in [2.75, 3.05) is 24.7 Å². The Morgan fingerprint density at radius 3 is 2.50 bits per heavy atom. The number of hydrogen-bond donors (Lipinski definition) is 0. The molecule has 0 spiro atoms. The van der Waals surface area contributed by atoms with Gasteiger partial charge in [-0.1, -0.05) is 0 Å². The van der Waals surface area contributed by atoms with Gasteiger partial charge in [-0.25, -0.2) is 4.79 Å². The van der Waals surface area contributed by atoms with Crippen LogP contribution in [0.25, 0.3) is 0 Å². The molecule has 2 amide bonds. The highest BCUT2D eigenvalue weighted by molar-refractivity contribution is 7.99. The number of halogens is 1. The summed E-state index contributed by atoms with van der Waals surface area (Å²) in [6.07, 6.45) is 1.26. The number of amides is 2. The zero-order chi connectivity index (χ0) is 14.0. The fourth-order valence-electron chi connectivity index (χ4n) is 2.36. The Morgan fingerprint density at radius 2 is 1.95 bits per heavy atom. The first-order valence-corrected chi connectivity index (χ1v) is 7.90. The number of thioether (sulfide) groups is 1. The molecule has 0 aromatic heterocycles. The summed E-state index contributed by atoms with van der Waals surface area (Å²) in [6, 6.07) is -0.325. The molecule has 2 heterocycles. The first-order valence-electron chi connectivity index (χ1n) is 6.74. The van der Waals surface area contributed by atoms with E-state index < -0.39 is 5.60 Å². The molecular formula is C13H23ClN2O3S. The van der Waals surface area contributed by atoms with Gasteiger partial charge in [0.15, 0.2) is 0 Å². The van der Waals surface area contributed by atoms with Gasteiger partial charge in [-0.2, -0.15) is 0 Å². The van der Waals surface area contributed by atoms with Crippen LogP contribution < -0.4 is 0 Å². The Hall–Kier alpha value is -0.620. The third-order valence-corrected chi connectivity index (χ3v) is 4.20. The minimum atomic E-state index is -0.517. The van der Waals surface area contributed by atoms with E-state index in [1.165, 1.54) is 0 Å². The van der Waals surface area contributed by atoms with Crippen LogP contribution in [0, 0.1) is 0 Å². The lowest BCUT2D eigenvalue weighted by Gasteiger charge is -2.29. The number of carbonyl (C=O) groups is 2. The van der Waals surface area contributed by atoms with E-state index in [4.69, 9.17) is 4.74 Å². The van der Waals surface area contributed by atoms with Crippen molar-refractivity contribution in [1.29, 1.82) is 0 Å². The zero-order valence-corrected chi connectivity index (χ0v) is 13.9. The Morgan fingerprint density at radius 1 is 1.25 bits per heavy atom. The van der Waals surface area contributed by atoms with Crippen molar-refractivity contribution in [3.63, 3.8) is 0 Å². The lowest BCUT2D eigenvalue weighted by molar-refractivity contribution is -0.134. The van der Waals surface area contributed by atoms with E-state index in [2.05, 4.69) is 0 Å². The second-order valence-corrected chi connectivity index (χ2v) is 7.05. The molecule has 2 fully saturated rings. The number of carbonyl (C=O) groups excluding carboxylic acids is 2. The van der Waals surface area contributed by atoms with Crippen molar-refractivity contribution >= 4 is 36.2 Å². The van der Waals surface area contributed by atoms with E-state index >= 15 is 0 Å². The lowest BCUT2D eigenvalue weighted by atomic mass is 10.2. The topological polar surface area (TPSA) is 49.9 Å². The Kier molecular flexibility index (Phi) is 6.01. The van der Waals surface area contributed by atoms with E-state index in [0.717, 1.165) is 31.0 Å². The molecule has 2 aliphatic heterocycles. The van der Waals surface area contributed by atoms with Gasteiger partial charge in [0, 0.05) is 18.8 Å². The van der Waals surface area contributed by atoms with E-state index in [1.54, 1.807) is 16.7 Å². The summed E-state index contributed by atoms with van der Waals surface area (Å²) >= 11 is 1.76. The maximum atomic E-state index is 12.4. The third-order valence-electron chi connectivity index (χ3n) is 3.23. The largest absolute Gasteiger partial charge is 0.444 e. The quantitative estimate of drug-likeness (QED) is 0.743. The van der Waals surface area contributed by atoms with Crippen LogP contribution in [-0.2, 0) is 9.53 Å². The molecule has 0 radical (unpaired) electrons. The van der Waals surface area contributed by atoms with Crippen LogP contribution in [0.15, 0.2) is 0 Å². The lowest BCUT2D eigenvalue weighted by Crippen LogP contribution is -2.48. The van der Waals surface area contributed by atoms with E-state index in [0.29, 0.717) is 6.54 Å². The van der Waals surface area contributed by atoms with Gasteiger partial charge in [0.2, 0.25) is 5.91 Å². The predicted octanol–water partition coefficient (Wildman–Crippen LogP) is 2.34. The Bertz CT molecular complexity index is 367. The standard InChI is InChI=1S/C13H22N2O3S.ClH/c1-13(2,3)18-12(17)15-6-4-5-10(15)11(16)14-7-8-19-9-14;/h10H,4-9H2,1-3H3;1H/t10-;/m1./s1. The molecule has 0 bridgehead atoms. The number of rotatable bonds is 1. The number of ether oxygens (including phenoxy) is 1. The average Bonchev–Trinajstić information content (AvgIpc) is 2.97. The smallest absolute Gasteiger partial charge is 0.410 e. The molecular weight excluding hydrogens is 300 g/mol. The second kappa shape index (κ2) is 6.89. The highest BCUT2D eigenvalue weighted by Crippen LogP contribution is 2.24. The summed E-state index contributed by atoms with van der Waals surface area (Å²) in [5, 5.41) is 0. The molecule has 20 heavy (non-hydrogen) atoms.